The van der Waals surface area contributed by atoms with E-state index in [1.165, 1.54) is 35.7 Å². The lowest BCUT2D eigenvalue weighted by atomic mass is 9.82. The van der Waals surface area contributed by atoms with Gasteiger partial charge >= 0.3 is 0 Å². The molecule has 47 heavy (non-hydrogen) atoms. The molecule has 3 aromatic heterocycles. The fourth-order valence-electron chi connectivity index (χ4n) is 6.64. The number of amides is 4. The van der Waals surface area contributed by atoms with Crippen LogP contribution in [0.1, 0.15) is 63.1 Å². The number of rotatable bonds is 2. The third kappa shape index (κ3) is 3.91. The van der Waals surface area contributed by atoms with Crippen molar-refractivity contribution in [1.29, 1.82) is 5.26 Å². The van der Waals surface area contributed by atoms with Crippen molar-refractivity contribution in [2.45, 2.75) is 52.4 Å². The van der Waals surface area contributed by atoms with Gasteiger partial charge in [0.15, 0.2) is 0 Å². The third-order valence-corrected chi connectivity index (χ3v) is 13.1. The van der Waals surface area contributed by atoms with Crippen LogP contribution in [0.2, 0.25) is 0 Å². The monoisotopic (exact) mass is 678 g/mol. The fourth-order valence-corrected chi connectivity index (χ4v) is 11.4. The summed E-state index contributed by atoms with van der Waals surface area (Å²) in [6, 6.07) is 3.94. The Kier molecular flexibility index (Phi) is 6.45. The van der Waals surface area contributed by atoms with E-state index in [0.29, 0.717) is 10.7 Å². The van der Waals surface area contributed by atoms with Crippen molar-refractivity contribution in [1.82, 2.24) is 9.80 Å². The molecular formula is C34H26N6O4S3. The maximum absolute atomic E-state index is 13.1. The molecular weight excluding hydrogens is 653 g/mol. The summed E-state index contributed by atoms with van der Waals surface area (Å²) in [7, 11) is 2.72. The Morgan fingerprint density at radius 3 is 2.06 bits per heavy atom. The van der Waals surface area contributed by atoms with Gasteiger partial charge in [0.05, 0.1) is 31.4 Å². The average molecular weight is 679 g/mol. The van der Waals surface area contributed by atoms with Gasteiger partial charge in [0.1, 0.15) is 28.1 Å². The number of fused-ring (bicyclic) bond motifs is 7. The number of aliphatic imine (C=N–C) groups is 2. The molecule has 4 amide bonds. The molecule has 0 spiro atoms. The summed E-state index contributed by atoms with van der Waals surface area (Å²) < 4.78 is 2.36. The number of likely N-dealkylation sites (N-methyl/N-ethyl adjacent to an activating group) is 2. The van der Waals surface area contributed by atoms with Gasteiger partial charge in [0, 0.05) is 35.4 Å². The standard InChI is InChI=1S/C34H26N6O4S3/c1-13-15(12-35)29(41)39(8)31(43)23(13)37-18-11-17-20(34(18,5)6)26-28(45-17)21-27(47-26)25-16(33(21,3)4)10-19(46-25)38-24-14(2)22(36-7)30(42)40(9)32(24)44/h10-11H,1-6,8-9H3. The molecule has 0 saturated carbocycles. The molecule has 2 aliphatic heterocycles. The number of nitrogens with zero attached hydrogens (tertiary/aromatic N) is 6. The summed E-state index contributed by atoms with van der Waals surface area (Å²) in [6.07, 6.45) is 2.01. The molecule has 0 atom stereocenters. The quantitative estimate of drug-likeness (QED) is 0.226. The molecule has 3 aromatic rings. The lowest BCUT2D eigenvalue weighted by Gasteiger charge is -2.25. The lowest BCUT2D eigenvalue weighted by Crippen LogP contribution is -2.44. The number of hydrogen-bond donors (Lipinski definition) is 0. The number of imide groups is 2. The molecule has 0 radical (unpaired) electrons. The van der Waals surface area contributed by atoms with Crippen molar-refractivity contribution >= 4 is 89.5 Å². The van der Waals surface area contributed by atoms with E-state index in [1.54, 1.807) is 36.5 Å². The van der Waals surface area contributed by atoms with Crippen LogP contribution in [0.4, 0.5) is 5.00 Å². The molecule has 7 rings (SSSR count). The van der Waals surface area contributed by atoms with Gasteiger partial charge in [-0.2, -0.15) is 5.26 Å². The van der Waals surface area contributed by atoms with Gasteiger partial charge < -0.3 is 0 Å². The molecule has 13 heteroatoms. The molecule has 0 unspecified atom stereocenters. The molecule has 2 aliphatic carbocycles. The summed E-state index contributed by atoms with van der Waals surface area (Å²) in [5, 5.41) is 10.2. The highest BCUT2D eigenvalue weighted by molar-refractivity contribution is 7.33. The summed E-state index contributed by atoms with van der Waals surface area (Å²) >= 11 is 4.90. The number of hydrogen-bond acceptors (Lipinski definition) is 10. The first-order valence-electron chi connectivity index (χ1n) is 14.6. The SMILES string of the molecule is [C-]#[N+]C1=C(C)C(=Nc2cc3c(s2)-c2sc4c5c(sc4c2C3(C)C)C=C(N=C2C(=O)N(C)C(=O)C(C#N)=C2C)C5(C)C)C(=O)N(C)C1=O. The van der Waals surface area contributed by atoms with Crippen LogP contribution in [0.5, 0.6) is 0 Å². The van der Waals surface area contributed by atoms with Crippen LogP contribution in [0.3, 0.4) is 0 Å². The number of allylic oxidation sites excluding steroid dienone is 1. The molecule has 5 heterocycles. The maximum atomic E-state index is 13.1. The minimum atomic E-state index is -0.625. The molecule has 234 valence electrons. The van der Waals surface area contributed by atoms with Gasteiger partial charge in [-0.15, -0.1) is 34.0 Å². The summed E-state index contributed by atoms with van der Waals surface area (Å²) in [5.74, 6) is -2.31. The predicted octanol–water partition coefficient (Wildman–Crippen LogP) is 6.51. The highest BCUT2D eigenvalue weighted by atomic mass is 32.1. The maximum Gasteiger partial charge on any atom is 0.279 e. The molecule has 10 nitrogen and oxygen atoms in total. The van der Waals surface area contributed by atoms with E-state index in [1.807, 2.05) is 18.2 Å². The minimum Gasteiger partial charge on any atom is -0.286 e. The first kappa shape index (κ1) is 30.8. The van der Waals surface area contributed by atoms with Crippen molar-refractivity contribution < 1.29 is 19.2 Å². The lowest BCUT2D eigenvalue weighted by molar-refractivity contribution is -0.138. The van der Waals surface area contributed by atoms with E-state index in [9.17, 15) is 24.4 Å². The Hall–Kier alpha value is -4.82. The van der Waals surface area contributed by atoms with Gasteiger partial charge in [0.25, 0.3) is 29.3 Å². The zero-order chi connectivity index (χ0) is 34.1. The zero-order valence-corrected chi connectivity index (χ0v) is 29.1. The van der Waals surface area contributed by atoms with Gasteiger partial charge in [-0.05, 0) is 48.3 Å². The summed E-state index contributed by atoms with van der Waals surface area (Å²) in [4.78, 5) is 69.0. The van der Waals surface area contributed by atoms with Crippen molar-refractivity contribution in [3.63, 3.8) is 0 Å². The van der Waals surface area contributed by atoms with Crippen LogP contribution >= 0.6 is 34.0 Å². The van der Waals surface area contributed by atoms with Gasteiger partial charge in [-0.1, -0.05) is 27.7 Å². The van der Waals surface area contributed by atoms with Crippen molar-refractivity contribution in [2.24, 2.45) is 9.98 Å². The molecule has 4 aliphatic rings. The Morgan fingerprint density at radius 1 is 0.809 bits per heavy atom. The van der Waals surface area contributed by atoms with Crippen LogP contribution in [0.15, 0.2) is 44.2 Å². The predicted molar refractivity (Wildman–Crippen MR) is 184 cm³/mol. The van der Waals surface area contributed by atoms with Crippen LogP contribution in [-0.4, -0.2) is 58.9 Å². The van der Waals surface area contributed by atoms with Crippen molar-refractivity contribution in [3.8, 4) is 15.8 Å². The number of carbonyl (C=O) groups is 4. The number of nitriles is 1. The first-order valence-corrected chi connectivity index (χ1v) is 17.0. The van der Waals surface area contributed by atoms with E-state index >= 15 is 0 Å². The third-order valence-electron chi connectivity index (χ3n) is 9.47. The minimum absolute atomic E-state index is 0.0843. The number of thiophene rings is 3. The number of carbonyl (C=O) groups excluding carboxylic acids is 4. The molecule has 0 bridgehead atoms. The molecule has 0 saturated heterocycles. The Morgan fingerprint density at radius 2 is 1.43 bits per heavy atom. The second-order valence-electron chi connectivity index (χ2n) is 12.9. The molecule has 0 N–H and O–H groups in total. The van der Waals surface area contributed by atoms with E-state index in [0.717, 1.165) is 40.3 Å². The Labute approximate surface area is 282 Å². The van der Waals surface area contributed by atoms with E-state index in [4.69, 9.17) is 11.6 Å². The van der Waals surface area contributed by atoms with Crippen molar-refractivity contribution in [3.05, 3.63) is 67.2 Å². The average Bonchev–Trinajstić information content (AvgIpc) is 3.78. The highest BCUT2D eigenvalue weighted by Gasteiger charge is 2.46. The normalized spacial score (nSPS) is 21.6. The van der Waals surface area contributed by atoms with Gasteiger partial charge in [-0.25, -0.2) is 14.8 Å². The molecule has 0 fully saturated rings. The topological polar surface area (TPSA) is 128 Å². The Balaban J connectivity index is 1.32. The van der Waals surface area contributed by atoms with Crippen LogP contribution < -0.4 is 0 Å². The van der Waals surface area contributed by atoms with Gasteiger partial charge in [-0.3, -0.25) is 29.0 Å². The van der Waals surface area contributed by atoms with E-state index in [-0.39, 0.29) is 39.3 Å². The van der Waals surface area contributed by atoms with E-state index in [2.05, 4.69) is 37.5 Å². The molecule has 0 aromatic carbocycles. The highest BCUT2D eigenvalue weighted by Crippen LogP contribution is 2.63. The summed E-state index contributed by atoms with van der Waals surface area (Å²) in [6.45, 7) is 19.1. The van der Waals surface area contributed by atoms with Gasteiger partial charge in [0.2, 0.25) is 0 Å². The van der Waals surface area contributed by atoms with Crippen LogP contribution in [-0.2, 0) is 30.0 Å². The first-order chi connectivity index (χ1) is 22.1. The van der Waals surface area contributed by atoms with E-state index < -0.39 is 29.0 Å². The second-order valence-corrected chi connectivity index (χ2v) is 16.0. The van der Waals surface area contributed by atoms with Crippen LogP contribution in [0.25, 0.3) is 30.1 Å². The Bertz CT molecular complexity index is 2360. The zero-order valence-electron chi connectivity index (χ0n) is 26.7. The largest absolute Gasteiger partial charge is 0.286 e. The fraction of sp³-hybridized carbons (Fsp3) is 0.294. The van der Waals surface area contributed by atoms with Crippen molar-refractivity contribution in [2.75, 3.05) is 14.1 Å². The second kappa shape index (κ2) is 9.84. The smallest absolute Gasteiger partial charge is 0.279 e. The summed E-state index contributed by atoms with van der Waals surface area (Å²) in [5.41, 5.74) is 3.87. The van der Waals surface area contributed by atoms with Crippen LogP contribution in [0, 0.1) is 17.9 Å².